The van der Waals surface area contributed by atoms with Gasteiger partial charge in [0.15, 0.2) is 0 Å². The molecule has 4 heteroatoms. The molecule has 8 atom stereocenters. The van der Waals surface area contributed by atoms with E-state index in [1.165, 1.54) is 99.3 Å². The minimum atomic E-state index is -3.51. The third-order valence-electron chi connectivity index (χ3n) is 19.6. The first kappa shape index (κ1) is 51.9. The molecule has 0 N–H and O–H groups in total. The van der Waals surface area contributed by atoms with Crippen molar-refractivity contribution in [2.75, 3.05) is 0 Å². The molecule has 0 saturated carbocycles. The molecule has 0 spiro atoms. The molecule has 74 heavy (non-hydrogen) atoms. The Morgan fingerprint density at radius 1 is 0.378 bits per heavy atom. The Balaban J connectivity index is 1.05. The van der Waals surface area contributed by atoms with Crippen molar-refractivity contribution in [1.82, 2.24) is 0 Å². The summed E-state index contributed by atoms with van der Waals surface area (Å²) < 4.78 is 2.39. The Morgan fingerprint density at radius 2 is 0.635 bits per heavy atom. The second-order valence-electron chi connectivity index (χ2n) is 23.3. The molecule has 380 valence electrons. The van der Waals surface area contributed by atoms with Gasteiger partial charge in [0.05, 0.1) is 0 Å². The summed E-state index contributed by atoms with van der Waals surface area (Å²) >= 11 is 11.6. The van der Waals surface area contributed by atoms with Crippen molar-refractivity contribution in [3.05, 3.63) is 235 Å². The molecule has 8 aliphatic rings. The van der Waals surface area contributed by atoms with E-state index in [9.17, 15) is 0 Å². The van der Waals surface area contributed by atoms with E-state index in [0.717, 1.165) is 29.9 Å². The summed E-state index contributed by atoms with van der Waals surface area (Å²) in [6, 6.07) is 46.3. The zero-order valence-electron chi connectivity index (χ0n) is 44.8. The molecule has 0 bridgehead atoms. The van der Waals surface area contributed by atoms with Crippen LogP contribution in [0.15, 0.2) is 213 Å². The molecule has 12 rings (SSSR count). The predicted octanol–water partition coefficient (Wildman–Crippen LogP) is 21.4. The van der Waals surface area contributed by atoms with Crippen LogP contribution < -0.4 is 0 Å². The quantitative estimate of drug-likeness (QED) is 0.0822. The molecule has 8 aliphatic carbocycles. The van der Waals surface area contributed by atoms with Gasteiger partial charge in [0.2, 0.25) is 0 Å². The average Bonchev–Trinajstić information content (AvgIpc) is 4.24. The van der Waals surface area contributed by atoms with Gasteiger partial charge in [-0.3, -0.25) is 0 Å². The summed E-state index contributed by atoms with van der Waals surface area (Å²) in [7, 11) is 0. The van der Waals surface area contributed by atoms with E-state index < -0.39 is 45.0 Å². The average molecular weight is 1350 g/mol. The van der Waals surface area contributed by atoms with Gasteiger partial charge in [-0.1, -0.05) is 0 Å². The van der Waals surface area contributed by atoms with Gasteiger partial charge < -0.3 is 0 Å². The molecular formula is C70H78Cl2Hf2. The van der Waals surface area contributed by atoms with E-state index in [-0.39, 0.29) is 0 Å². The number of hydrogen-bond donors (Lipinski definition) is 0. The molecule has 0 radical (unpaired) electrons. The van der Waals surface area contributed by atoms with Crippen LogP contribution in [0.25, 0.3) is 0 Å². The van der Waals surface area contributed by atoms with Gasteiger partial charge in [-0.15, -0.1) is 0 Å². The van der Waals surface area contributed by atoms with E-state index >= 15 is 0 Å². The molecule has 0 heterocycles. The SMILES string of the molecule is CCC1=CC2=C(CCCC2c2ccccc2)[CH]1[Hf]([CH2][C](Cl)(Cl)[Hf]([CH]1C(CC)=CC2=C1CCCC2c1ccccc1)[CH]1C(CC)=CC2=C1CCCC2c1ccccc1)[CH]1C(CC)=CC2=C1CCCC2c1ccccc1. The summed E-state index contributed by atoms with van der Waals surface area (Å²) in [4.78, 5) is 0. The number of hydrogen-bond acceptors (Lipinski definition) is 0. The summed E-state index contributed by atoms with van der Waals surface area (Å²) in [6.07, 6.45) is 30.4. The molecule has 8 unspecified atom stereocenters. The van der Waals surface area contributed by atoms with Gasteiger partial charge >= 0.3 is 476 Å². The molecule has 4 aromatic carbocycles. The fourth-order valence-corrected chi connectivity index (χ4v) is 64.9. The van der Waals surface area contributed by atoms with Crippen LogP contribution >= 0.6 is 23.2 Å². The summed E-state index contributed by atoms with van der Waals surface area (Å²) in [5.41, 5.74) is 26.8. The normalized spacial score (nSPS) is 27.6. The van der Waals surface area contributed by atoms with Crippen molar-refractivity contribution in [1.29, 1.82) is 0 Å². The molecule has 0 aliphatic heterocycles. The first-order valence-electron chi connectivity index (χ1n) is 29.4. The Labute approximate surface area is 471 Å². The zero-order valence-corrected chi connectivity index (χ0v) is 53.4. The minimum absolute atomic E-state index is 0.450. The van der Waals surface area contributed by atoms with E-state index in [0.29, 0.717) is 38.4 Å². The van der Waals surface area contributed by atoms with E-state index in [4.69, 9.17) is 23.2 Å². The van der Waals surface area contributed by atoms with Gasteiger partial charge in [0, 0.05) is 0 Å². The van der Waals surface area contributed by atoms with Gasteiger partial charge in [-0.25, -0.2) is 0 Å². The predicted molar refractivity (Wildman–Crippen MR) is 308 cm³/mol. The van der Waals surface area contributed by atoms with Crippen LogP contribution in [0.2, 0.25) is 18.9 Å². The molecule has 0 aromatic heterocycles. The third kappa shape index (κ3) is 9.46. The van der Waals surface area contributed by atoms with Crippen LogP contribution in [-0.4, -0.2) is 2.09 Å². The maximum absolute atomic E-state index is 9.15. The van der Waals surface area contributed by atoms with Crippen molar-refractivity contribution in [2.45, 2.75) is 175 Å². The fourth-order valence-electron chi connectivity index (χ4n) is 16.5. The first-order valence-corrected chi connectivity index (χ1v) is 42.7. The van der Waals surface area contributed by atoms with E-state index in [1.54, 1.807) is 55.7 Å². The van der Waals surface area contributed by atoms with Crippen LogP contribution in [0, 0.1) is 0 Å². The van der Waals surface area contributed by atoms with Crippen molar-refractivity contribution >= 4 is 23.2 Å². The molecule has 4 aromatic rings. The second kappa shape index (κ2) is 22.5. The monoisotopic (exact) mass is 1350 g/mol. The van der Waals surface area contributed by atoms with Gasteiger partial charge in [0.25, 0.3) is 0 Å². The van der Waals surface area contributed by atoms with Gasteiger partial charge in [-0.2, -0.15) is 0 Å². The van der Waals surface area contributed by atoms with E-state index in [2.05, 4.69) is 173 Å². The second-order valence-corrected chi connectivity index (χ2v) is 47.1. The fraction of sp³-hybridized carbons (Fsp3) is 0.429. The number of allylic oxidation sites excluding steroid dienone is 16. The van der Waals surface area contributed by atoms with Crippen molar-refractivity contribution in [3.8, 4) is 0 Å². The van der Waals surface area contributed by atoms with Gasteiger partial charge in [-0.05, 0) is 0 Å². The topological polar surface area (TPSA) is 0 Å². The summed E-state index contributed by atoms with van der Waals surface area (Å²) in [5.74, 6) is 1.87. The standard InChI is InChI=1S/4C17H19.C2H2Cl2.2Hf/c4*1-2-13-11-15-9-6-10-16(17(15)12-13)14-7-4-3-5-8-14;1-2(3)4;;/h4*3-5,7-8,11-12,16H,2,6,9-10H2,1H3;1H2;;. The van der Waals surface area contributed by atoms with Crippen LogP contribution in [0.5, 0.6) is 0 Å². The Hall–Kier alpha value is -2.88. The summed E-state index contributed by atoms with van der Waals surface area (Å²) in [6.45, 7) is 9.93. The summed E-state index contributed by atoms with van der Waals surface area (Å²) in [5, 5.41) is 0. The maximum atomic E-state index is 9.15. The van der Waals surface area contributed by atoms with Crippen LogP contribution in [0.4, 0.5) is 0 Å². The number of halogens is 2. The Morgan fingerprint density at radius 3 is 0.905 bits per heavy atom. The van der Waals surface area contributed by atoms with Crippen LogP contribution in [0.3, 0.4) is 0 Å². The van der Waals surface area contributed by atoms with Crippen molar-refractivity contribution < 1.29 is 42.9 Å². The Bertz CT molecular complexity index is 2790. The third-order valence-corrected chi connectivity index (χ3v) is 56.8. The number of alkyl halides is 2. The molecule has 0 amide bonds. The first-order chi connectivity index (χ1) is 36.3. The Kier molecular flexibility index (Phi) is 15.7. The molecule has 0 nitrogen and oxygen atoms in total. The van der Waals surface area contributed by atoms with Crippen LogP contribution in [0.1, 0.15) is 176 Å². The molecular weight excluding hydrogens is 1270 g/mol. The number of benzene rings is 4. The van der Waals surface area contributed by atoms with E-state index in [1.807, 2.05) is 11.1 Å². The van der Waals surface area contributed by atoms with Crippen molar-refractivity contribution in [2.24, 2.45) is 0 Å². The zero-order chi connectivity index (χ0) is 50.5. The molecule has 0 fully saturated rings. The van der Waals surface area contributed by atoms with Gasteiger partial charge in [0.1, 0.15) is 0 Å². The van der Waals surface area contributed by atoms with Crippen molar-refractivity contribution in [3.63, 3.8) is 0 Å². The van der Waals surface area contributed by atoms with Crippen LogP contribution in [-0.2, 0) is 42.9 Å². The molecule has 0 saturated heterocycles. The number of rotatable bonds is 15.